The maximum absolute atomic E-state index is 10.3. The second kappa shape index (κ2) is 35.4. The Balaban J connectivity index is 0. The minimum Gasteiger partial charge on any atom is -0.481 e. The third-order valence-corrected chi connectivity index (χ3v) is 6.89. The van der Waals surface area contributed by atoms with Crippen molar-refractivity contribution >= 4 is 11.9 Å². The second-order valence-corrected chi connectivity index (χ2v) is 10.8. The predicted octanol–water partition coefficient (Wildman–Crippen LogP) is 11.4. The van der Waals surface area contributed by atoms with Crippen molar-refractivity contribution in [2.24, 2.45) is 0 Å². The number of carboxylic acid groups (broad SMARTS) is 2. The molecule has 0 fully saturated rings. The Kier molecular flexibility index (Phi) is 35.9. The average Bonchev–Trinajstić information content (AvgIpc) is 2.89. The first kappa shape index (κ1) is 38.6. The molecule has 0 aromatic heterocycles. The third-order valence-electron chi connectivity index (χ3n) is 6.89. The van der Waals surface area contributed by atoms with Crippen LogP contribution in [0.15, 0.2) is 24.3 Å². The van der Waals surface area contributed by atoms with Crippen molar-refractivity contribution in [3.8, 4) is 0 Å². The molecule has 0 rings (SSSR count). The van der Waals surface area contributed by atoms with Crippen LogP contribution in [0.3, 0.4) is 0 Å². The fraction of sp³-hybridized carbons (Fsp3) is 0.824. The van der Waals surface area contributed by atoms with Crippen molar-refractivity contribution < 1.29 is 19.8 Å². The van der Waals surface area contributed by atoms with Gasteiger partial charge in [-0.2, -0.15) is 0 Å². The zero-order valence-corrected chi connectivity index (χ0v) is 25.4. The molecule has 0 aliphatic heterocycles. The van der Waals surface area contributed by atoms with Crippen LogP contribution < -0.4 is 0 Å². The standard InChI is InChI=1S/2C17H32O2/c2*1-2-3-4-5-6-7-8-9-10-11-12-13-14-15-16-17(18)19/h15-16H,2-14H2,1H3,(H,18,19);7-8H,2-6,9-16H2,1H3,(H,18,19). The second-order valence-electron chi connectivity index (χ2n) is 10.8. The highest BCUT2D eigenvalue weighted by Gasteiger charge is 1.96. The lowest BCUT2D eigenvalue weighted by Gasteiger charge is -2.02. The molecular weight excluding hydrogens is 472 g/mol. The Labute approximate surface area is 236 Å². The number of unbranched alkanes of at least 4 members (excludes halogenated alkanes) is 22. The van der Waals surface area contributed by atoms with E-state index in [9.17, 15) is 9.59 Å². The average molecular weight is 537 g/mol. The lowest BCUT2D eigenvalue weighted by atomic mass is 10.0. The Morgan fingerprint density at radius 1 is 0.447 bits per heavy atom. The van der Waals surface area contributed by atoms with Crippen LogP contribution >= 0.6 is 0 Å². The topological polar surface area (TPSA) is 74.6 Å². The molecule has 0 aliphatic rings. The Morgan fingerprint density at radius 2 is 0.763 bits per heavy atom. The molecule has 0 radical (unpaired) electrons. The summed E-state index contributed by atoms with van der Waals surface area (Å²) < 4.78 is 0. The molecule has 0 heterocycles. The van der Waals surface area contributed by atoms with Crippen molar-refractivity contribution in [1.29, 1.82) is 0 Å². The molecule has 0 saturated carbocycles. The summed E-state index contributed by atoms with van der Waals surface area (Å²) in [5.41, 5.74) is 0. The number of carbonyl (C=O) groups is 2. The van der Waals surface area contributed by atoms with Crippen molar-refractivity contribution in [2.75, 3.05) is 0 Å². The smallest absolute Gasteiger partial charge is 0.327 e. The van der Waals surface area contributed by atoms with Crippen LogP contribution in [0.25, 0.3) is 0 Å². The number of aliphatic carboxylic acids is 2. The molecule has 0 aromatic carbocycles. The number of hydrogen-bond donors (Lipinski definition) is 2. The first-order valence-corrected chi connectivity index (χ1v) is 16.3. The Hall–Kier alpha value is -1.58. The van der Waals surface area contributed by atoms with Crippen molar-refractivity contribution in [3.05, 3.63) is 24.3 Å². The van der Waals surface area contributed by atoms with Gasteiger partial charge in [0.15, 0.2) is 0 Å². The summed E-state index contributed by atoms with van der Waals surface area (Å²) in [4.78, 5) is 20.5. The number of rotatable bonds is 28. The zero-order chi connectivity index (χ0) is 28.4. The number of allylic oxidation sites excluding steroid dienone is 3. The van der Waals surface area contributed by atoms with Gasteiger partial charge in [0.25, 0.3) is 0 Å². The van der Waals surface area contributed by atoms with Gasteiger partial charge in [0.2, 0.25) is 0 Å². The zero-order valence-electron chi connectivity index (χ0n) is 25.4. The SMILES string of the molecule is CCCCCCC=CCCCCCCCCC(=O)O.CCCCCCCCCCCCCCC=CC(=O)O. The van der Waals surface area contributed by atoms with Gasteiger partial charge < -0.3 is 10.2 Å². The van der Waals surface area contributed by atoms with E-state index in [1.54, 1.807) is 6.08 Å². The van der Waals surface area contributed by atoms with Crippen LogP contribution in [-0.4, -0.2) is 22.2 Å². The summed E-state index contributed by atoms with van der Waals surface area (Å²) in [6.07, 6.45) is 39.9. The molecule has 4 heteroatoms. The third kappa shape index (κ3) is 41.5. The van der Waals surface area contributed by atoms with E-state index in [2.05, 4.69) is 26.0 Å². The van der Waals surface area contributed by atoms with Gasteiger partial charge in [-0.15, -0.1) is 0 Å². The molecule has 0 atom stereocenters. The van der Waals surface area contributed by atoms with E-state index >= 15 is 0 Å². The molecular formula is C34H64O4. The molecule has 0 aliphatic carbocycles. The van der Waals surface area contributed by atoms with Crippen LogP contribution in [0.2, 0.25) is 0 Å². The molecule has 0 spiro atoms. The van der Waals surface area contributed by atoms with E-state index in [4.69, 9.17) is 10.2 Å². The van der Waals surface area contributed by atoms with E-state index in [0.717, 1.165) is 25.7 Å². The molecule has 0 aromatic rings. The summed E-state index contributed by atoms with van der Waals surface area (Å²) >= 11 is 0. The van der Waals surface area contributed by atoms with Crippen molar-refractivity contribution in [1.82, 2.24) is 0 Å². The monoisotopic (exact) mass is 536 g/mol. The largest absolute Gasteiger partial charge is 0.481 e. The minimum atomic E-state index is -0.834. The maximum Gasteiger partial charge on any atom is 0.327 e. The molecule has 2 N–H and O–H groups in total. The van der Waals surface area contributed by atoms with Gasteiger partial charge in [0.1, 0.15) is 0 Å². The molecule has 0 amide bonds. The van der Waals surface area contributed by atoms with E-state index in [1.165, 1.54) is 141 Å². The van der Waals surface area contributed by atoms with Gasteiger partial charge in [0, 0.05) is 12.5 Å². The van der Waals surface area contributed by atoms with E-state index < -0.39 is 11.9 Å². The summed E-state index contributed by atoms with van der Waals surface area (Å²) in [5, 5.41) is 16.9. The van der Waals surface area contributed by atoms with E-state index in [-0.39, 0.29) is 0 Å². The molecule has 224 valence electrons. The van der Waals surface area contributed by atoms with Crippen LogP contribution in [0.5, 0.6) is 0 Å². The molecule has 38 heavy (non-hydrogen) atoms. The first-order valence-electron chi connectivity index (χ1n) is 16.3. The van der Waals surface area contributed by atoms with Crippen LogP contribution in [0.1, 0.15) is 181 Å². The van der Waals surface area contributed by atoms with Crippen molar-refractivity contribution in [3.63, 3.8) is 0 Å². The molecule has 0 unspecified atom stereocenters. The van der Waals surface area contributed by atoms with Crippen LogP contribution in [0.4, 0.5) is 0 Å². The van der Waals surface area contributed by atoms with Gasteiger partial charge in [-0.3, -0.25) is 4.79 Å². The summed E-state index contributed by atoms with van der Waals surface area (Å²) in [6, 6.07) is 0. The lowest BCUT2D eigenvalue weighted by molar-refractivity contribution is -0.137. The fourth-order valence-electron chi connectivity index (χ4n) is 4.46. The highest BCUT2D eigenvalue weighted by Crippen LogP contribution is 2.13. The molecule has 0 saturated heterocycles. The fourth-order valence-corrected chi connectivity index (χ4v) is 4.46. The normalized spacial score (nSPS) is 11.2. The van der Waals surface area contributed by atoms with Crippen LogP contribution in [-0.2, 0) is 9.59 Å². The number of carboxylic acids is 2. The first-order chi connectivity index (χ1) is 18.5. The highest BCUT2D eigenvalue weighted by atomic mass is 16.4. The lowest BCUT2D eigenvalue weighted by Crippen LogP contribution is -1.93. The quantitative estimate of drug-likeness (QED) is 0.0592. The Morgan fingerprint density at radius 3 is 1.13 bits per heavy atom. The summed E-state index contributed by atoms with van der Waals surface area (Å²) in [5.74, 6) is -1.50. The van der Waals surface area contributed by atoms with Gasteiger partial charge in [0.05, 0.1) is 0 Å². The molecule has 0 bridgehead atoms. The minimum absolute atomic E-state index is 0.334. The van der Waals surface area contributed by atoms with Crippen LogP contribution in [0, 0.1) is 0 Å². The van der Waals surface area contributed by atoms with E-state index in [0.29, 0.717) is 6.42 Å². The molecule has 4 nitrogen and oxygen atoms in total. The van der Waals surface area contributed by atoms with Gasteiger partial charge >= 0.3 is 11.9 Å². The predicted molar refractivity (Wildman–Crippen MR) is 165 cm³/mol. The number of hydrogen-bond acceptors (Lipinski definition) is 2. The van der Waals surface area contributed by atoms with E-state index in [1.807, 2.05) is 0 Å². The summed E-state index contributed by atoms with van der Waals surface area (Å²) in [6.45, 7) is 4.51. The summed E-state index contributed by atoms with van der Waals surface area (Å²) in [7, 11) is 0. The Bertz CT molecular complexity index is 539. The van der Waals surface area contributed by atoms with Gasteiger partial charge in [-0.05, 0) is 44.9 Å². The maximum atomic E-state index is 10.3. The van der Waals surface area contributed by atoms with Crippen molar-refractivity contribution in [2.45, 2.75) is 181 Å². The highest BCUT2D eigenvalue weighted by molar-refractivity contribution is 5.79. The van der Waals surface area contributed by atoms with Gasteiger partial charge in [-0.1, -0.05) is 148 Å². The van der Waals surface area contributed by atoms with Gasteiger partial charge in [-0.25, -0.2) is 4.79 Å².